The first-order valence-corrected chi connectivity index (χ1v) is 9.22. The first kappa shape index (κ1) is 24.4. The molecule has 11 heteroatoms. The molecule has 0 unspecified atom stereocenters. The molecule has 0 heterocycles. The lowest BCUT2D eigenvalue weighted by atomic mass is 9.88. The van der Waals surface area contributed by atoms with Crippen molar-refractivity contribution in [1.82, 2.24) is 5.32 Å². The van der Waals surface area contributed by atoms with Crippen molar-refractivity contribution in [3.8, 4) is 0 Å². The van der Waals surface area contributed by atoms with Crippen LogP contribution in [0.15, 0.2) is 11.6 Å². The van der Waals surface area contributed by atoms with E-state index in [1.165, 1.54) is 14.0 Å². The number of methoxy groups -OCH3 is 1. The van der Waals surface area contributed by atoms with Crippen LogP contribution in [0, 0.1) is 0 Å². The maximum absolute atomic E-state index is 11.7. The third-order valence-corrected chi connectivity index (χ3v) is 3.91. The molecule has 0 aromatic heterocycles. The van der Waals surface area contributed by atoms with Crippen LogP contribution in [0.1, 0.15) is 41.5 Å². The summed E-state index contributed by atoms with van der Waals surface area (Å²) in [6.07, 6.45) is 3.45. The van der Waals surface area contributed by atoms with Gasteiger partial charge in [0.05, 0.1) is 25.4 Å². The molecule has 0 fully saturated rings. The Hall–Kier alpha value is -1.58. The lowest BCUT2D eigenvalue weighted by Gasteiger charge is -2.36. The average Bonchev–Trinajstić information content (AvgIpc) is 2.61. The van der Waals surface area contributed by atoms with Crippen molar-refractivity contribution in [3.63, 3.8) is 0 Å². The normalized spacial score (nSPS) is 22.0. The van der Waals surface area contributed by atoms with Gasteiger partial charge in [0, 0.05) is 20.0 Å². The molecule has 0 saturated heterocycles. The zero-order valence-electron chi connectivity index (χ0n) is 15.3. The Bertz CT molecular complexity index is 558. The summed E-state index contributed by atoms with van der Waals surface area (Å²) < 4.78 is 31.3. The quantitative estimate of drug-likeness (QED) is 0.252. The van der Waals surface area contributed by atoms with Crippen LogP contribution in [-0.4, -0.2) is 48.5 Å². The van der Waals surface area contributed by atoms with E-state index in [1.54, 1.807) is 6.08 Å². The van der Waals surface area contributed by atoms with Crippen LogP contribution in [-0.2, 0) is 32.9 Å². The summed E-state index contributed by atoms with van der Waals surface area (Å²) in [7, 11) is -1.70. The second kappa shape index (κ2) is 12.7. The maximum atomic E-state index is 11.7. The van der Waals surface area contributed by atoms with Gasteiger partial charge in [0.1, 0.15) is 0 Å². The predicted octanol–water partition coefficient (Wildman–Crippen LogP) is 1.71. The van der Waals surface area contributed by atoms with Crippen LogP contribution >= 0.6 is 7.91 Å². The Morgan fingerprint density at radius 2 is 1.96 bits per heavy atom. The molecule has 152 valence electrons. The lowest BCUT2D eigenvalue weighted by molar-refractivity contribution is -0.136. The molecule has 10 nitrogen and oxygen atoms in total. The van der Waals surface area contributed by atoms with E-state index in [1.807, 2.05) is 13.8 Å². The van der Waals surface area contributed by atoms with Crippen LogP contribution in [0.5, 0.6) is 0 Å². The number of nitrogens with one attached hydrogen (secondary N) is 1. The van der Waals surface area contributed by atoms with Crippen LogP contribution in [0.25, 0.3) is 0 Å². The lowest BCUT2D eigenvalue weighted by Crippen LogP contribution is -2.57. The van der Waals surface area contributed by atoms with Gasteiger partial charge in [-0.1, -0.05) is 13.8 Å². The topological polar surface area (TPSA) is 154 Å². The van der Waals surface area contributed by atoms with Gasteiger partial charge in [0.2, 0.25) is 5.91 Å². The highest BCUT2D eigenvalue weighted by molar-refractivity contribution is 7.24. The van der Waals surface area contributed by atoms with E-state index in [-0.39, 0.29) is 25.5 Å². The highest BCUT2D eigenvalue weighted by atomic mass is 31.1. The number of amides is 1. The minimum Gasteiger partial charge on any atom is -0.466 e. The molecule has 0 spiro atoms. The fraction of sp³-hybridized carbons (Fsp3) is 0.733. The molecule has 3 atom stereocenters. The van der Waals surface area contributed by atoms with E-state index >= 15 is 0 Å². The molecule has 1 rings (SSSR count). The van der Waals surface area contributed by atoms with Gasteiger partial charge in [-0.15, -0.1) is 4.67 Å². The highest BCUT2D eigenvalue weighted by Gasteiger charge is 2.35. The summed E-state index contributed by atoms with van der Waals surface area (Å²) in [6.45, 7) is 5.52. The van der Waals surface area contributed by atoms with Gasteiger partial charge in [-0.3, -0.25) is 4.79 Å². The molecule has 0 aromatic rings. The predicted molar refractivity (Wildman–Crippen MR) is 93.7 cm³/mol. The molecule has 26 heavy (non-hydrogen) atoms. The summed E-state index contributed by atoms with van der Waals surface area (Å²) in [5.41, 5.74) is 6.62. The number of hydrogen-bond donors (Lipinski definition) is 3. The third-order valence-electron chi connectivity index (χ3n) is 3.78. The van der Waals surface area contributed by atoms with E-state index in [0.717, 1.165) is 12.8 Å². The van der Waals surface area contributed by atoms with Crippen molar-refractivity contribution in [2.75, 3.05) is 7.11 Å². The molecular weight excluding hydrogens is 367 g/mol. The van der Waals surface area contributed by atoms with Crippen molar-refractivity contribution in [3.05, 3.63) is 11.6 Å². The van der Waals surface area contributed by atoms with E-state index in [2.05, 4.69) is 9.99 Å². The SMILES string of the molecule is CCC(CC)O[C@@H]1C=C(C(=O)OC)C[C@H](N)[C@H]1NC(C)=O.O=P(=O)OO.[HH]. The van der Waals surface area contributed by atoms with Crippen LogP contribution in [0.2, 0.25) is 0 Å². The van der Waals surface area contributed by atoms with E-state index in [0.29, 0.717) is 12.0 Å². The Morgan fingerprint density at radius 3 is 2.35 bits per heavy atom. The van der Waals surface area contributed by atoms with Gasteiger partial charge in [0.25, 0.3) is 0 Å². The number of carbonyl (C=O) groups is 2. The first-order chi connectivity index (χ1) is 12.2. The number of hydrogen-bond acceptors (Lipinski definition) is 9. The van der Waals surface area contributed by atoms with Gasteiger partial charge in [-0.25, -0.2) is 19.2 Å². The van der Waals surface area contributed by atoms with Gasteiger partial charge in [0.15, 0.2) is 0 Å². The maximum Gasteiger partial charge on any atom is 0.496 e. The smallest absolute Gasteiger partial charge is 0.466 e. The minimum atomic E-state index is -3.04. The summed E-state index contributed by atoms with van der Waals surface area (Å²) in [6, 6.07) is -0.719. The molecule has 0 aromatic carbocycles. The molecule has 1 aliphatic carbocycles. The van der Waals surface area contributed by atoms with Crippen LogP contribution in [0.3, 0.4) is 0 Å². The average molecular weight is 396 g/mol. The van der Waals surface area contributed by atoms with Crippen molar-refractivity contribution in [2.24, 2.45) is 5.73 Å². The molecule has 0 radical (unpaired) electrons. The number of rotatable bonds is 7. The van der Waals surface area contributed by atoms with Gasteiger partial charge in [-0.2, -0.15) is 0 Å². The van der Waals surface area contributed by atoms with Crippen molar-refractivity contribution >= 4 is 19.8 Å². The number of carbonyl (C=O) groups excluding carboxylic acids is 2. The molecule has 0 aliphatic heterocycles. The van der Waals surface area contributed by atoms with Gasteiger partial charge >= 0.3 is 13.9 Å². The zero-order valence-corrected chi connectivity index (χ0v) is 16.2. The Balaban J connectivity index is 0. The highest BCUT2D eigenvalue weighted by Crippen LogP contribution is 2.23. The Labute approximate surface area is 154 Å². The molecule has 1 aliphatic rings. The largest absolute Gasteiger partial charge is 0.496 e. The number of ether oxygens (including phenoxy) is 2. The van der Waals surface area contributed by atoms with Crippen molar-refractivity contribution in [1.29, 1.82) is 0 Å². The van der Waals surface area contributed by atoms with E-state index in [4.69, 9.17) is 29.6 Å². The fourth-order valence-electron chi connectivity index (χ4n) is 2.53. The van der Waals surface area contributed by atoms with Crippen molar-refractivity contribution in [2.45, 2.75) is 64.3 Å². The van der Waals surface area contributed by atoms with Crippen LogP contribution in [0.4, 0.5) is 0 Å². The summed E-state index contributed by atoms with van der Waals surface area (Å²) in [5, 5.41) is 9.87. The summed E-state index contributed by atoms with van der Waals surface area (Å²) >= 11 is 0. The monoisotopic (exact) mass is 396 g/mol. The fourth-order valence-corrected chi connectivity index (χ4v) is 2.53. The standard InChI is InChI=1S/C15H26N2O4.HO4P.H2/c1-5-11(6-2)21-13-8-10(15(19)20-4)7-12(16)14(13)17-9(3)18;1-4-5(2)3;/h8,11-14H,5-7,16H2,1-4H3,(H,17,18);1H;1H/t12-,13+,14+;;/m0../s1. The molecule has 4 N–H and O–H groups in total. The zero-order chi connectivity index (χ0) is 20.3. The third kappa shape index (κ3) is 8.68. The Kier molecular flexibility index (Phi) is 11.9. The molecule has 0 bridgehead atoms. The molecular formula is C15H29N2O8P. The summed E-state index contributed by atoms with van der Waals surface area (Å²) in [4.78, 5) is 23.1. The summed E-state index contributed by atoms with van der Waals surface area (Å²) in [5.74, 6) is -0.562. The first-order valence-electron chi connectivity index (χ1n) is 8.13. The Morgan fingerprint density at radius 1 is 1.42 bits per heavy atom. The number of esters is 1. The molecule has 1 amide bonds. The van der Waals surface area contributed by atoms with E-state index in [9.17, 15) is 9.59 Å². The second-order valence-electron chi connectivity index (χ2n) is 5.62. The van der Waals surface area contributed by atoms with E-state index < -0.39 is 20.0 Å². The second-order valence-corrected chi connectivity index (χ2v) is 6.23. The van der Waals surface area contributed by atoms with Crippen molar-refractivity contribution < 1.29 is 39.6 Å². The van der Waals surface area contributed by atoms with Gasteiger partial charge < -0.3 is 20.5 Å². The number of nitrogens with two attached hydrogens (primary N) is 1. The van der Waals surface area contributed by atoms with Crippen LogP contribution < -0.4 is 11.1 Å². The molecule has 0 saturated carbocycles. The minimum absolute atomic E-state index is 0. The van der Waals surface area contributed by atoms with Gasteiger partial charge in [-0.05, 0) is 25.3 Å².